The fourth-order valence-electron chi connectivity index (χ4n) is 0.444. The highest BCUT2D eigenvalue weighted by Crippen LogP contribution is 2.00. The number of alkyl halides is 1. The van der Waals surface area contributed by atoms with Crippen LogP contribution in [0.1, 0.15) is 6.92 Å². The van der Waals surface area contributed by atoms with Gasteiger partial charge in [-0.15, -0.1) is 0 Å². The fourth-order valence-corrected chi connectivity index (χ4v) is 0.623. The van der Waals surface area contributed by atoms with E-state index in [0.717, 1.165) is 6.54 Å². The number of carbonyl (C=O) groups excluding carboxylic acids is 1. The molecule has 3 nitrogen and oxygen atoms in total. The topological polar surface area (TPSA) is 29.5 Å². The quantitative estimate of drug-likeness (QED) is 0.432. The van der Waals surface area contributed by atoms with Crippen LogP contribution in [0.4, 0.5) is 0 Å². The smallest absolute Gasteiger partial charge is 0.318 e. The van der Waals surface area contributed by atoms with Gasteiger partial charge in [-0.05, 0) is 21.0 Å². The van der Waals surface area contributed by atoms with Crippen LogP contribution in [-0.2, 0) is 9.53 Å². The molecule has 4 heteroatoms. The first-order valence-corrected chi connectivity index (χ1v) is 4.74. The first-order chi connectivity index (χ1) is 5.04. The maximum atomic E-state index is 10.9. The van der Waals surface area contributed by atoms with Gasteiger partial charge < -0.3 is 9.64 Å². The van der Waals surface area contributed by atoms with Crippen molar-refractivity contribution < 1.29 is 9.53 Å². The van der Waals surface area contributed by atoms with Gasteiger partial charge in [0.1, 0.15) is 10.5 Å². The molecule has 0 aromatic rings. The number of hydrogen-bond donors (Lipinski definition) is 0. The summed E-state index contributed by atoms with van der Waals surface area (Å²) in [4.78, 5) is 12.9. The molecule has 11 heavy (non-hydrogen) atoms. The van der Waals surface area contributed by atoms with Crippen LogP contribution in [0.25, 0.3) is 0 Å². The molecule has 0 heterocycles. The van der Waals surface area contributed by atoms with Crippen LogP contribution < -0.4 is 0 Å². The molecule has 0 N–H and O–H groups in total. The van der Waals surface area contributed by atoms with Crippen LogP contribution in [0.5, 0.6) is 0 Å². The Morgan fingerprint density at radius 1 is 1.64 bits per heavy atom. The summed E-state index contributed by atoms with van der Waals surface area (Å²) >= 11 is 2.04. The third-order valence-corrected chi connectivity index (χ3v) is 1.62. The number of likely N-dealkylation sites (N-methyl/N-ethyl adjacent to an activating group) is 1. The lowest BCUT2D eigenvalue weighted by molar-refractivity contribution is -0.142. The van der Waals surface area contributed by atoms with Gasteiger partial charge >= 0.3 is 5.97 Å². The Morgan fingerprint density at radius 2 is 2.18 bits per heavy atom. The second-order valence-corrected chi connectivity index (χ2v) is 4.46. The molecule has 0 saturated heterocycles. The standard InChI is InChI=1S/C7H14INO2/c1-6(8)7(10)11-5-4-9(2)3/h6H,4-5H2,1-3H3. The van der Waals surface area contributed by atoms with Gasteiger partial charge in [-0.1, -0.05) is 22.6 Å². The van der Waals surface area contributed by atoms with E-state index in [2.05, 4.69) is 0 Å². The van der Waals surface area contributed by atoms with Crippen LogP contribution in [-0.4, -0.2) is 42.0 Å². The maximum Gasteiger partial charge on any atom is 0.318 e. The summed E-state index contributed by atoms with van der Waals surface area (Å²) < 4.78 is 4.88. The molecule has 0 radical (unpaired) electrons. The maximum absolute atomic E-state index is 10.9. The summed E-state index contributed by atoms with van der Waals surface area (Å²) in [7, 11) is 3.89. The van der Waals surface area contributed by atoms with Crippen molar-refractivity contribution in [3.63, 3.8) is 0 Å². The van der Waals surface area contributed by atoms with E-state index in [1.807, 2.05) is 48.5 Å². The zero-order valence-corrected chi connectivity index (χ0v) is 9.29. The number of esters is 1. The summed E-state index contributed by atoms with van der Waals surface area (Å²) in [5, 5.41) is 0. The lowest BCUT2D eigenvalue weighted by Crippen LogP contribution is -2.22. The SMILES string of the molecule is CC(I)C(=O)OCCN(C)C. The minimum atomic E-state index is -0.132. The summed E-state index contributed by atoms with van der Waals surface area (Å²) in [5.41, 5.74) is 0. The molecule has 66 valence electrons. The molecule has 0 fully saturated rings. The van der Waals surface area contributed by atoms with Crippen molar-refractivity contribution in [3.05, 3.63) is 0 Å². The molecule has 0 bridgehead atoms. The van der Waals surface area contributed by atoms with E-state index in [9.17, 15) is 4.79 Å². The van der Waals surface area contributed by atoms with Gasteiger partial charge in [-0.3, -0.25) is 4.79 Å². The van der Waals surface area contributed by atoms with Gasteiger partial charge in [-0.2, -0.15) is 0 Å². The van der Waals surface area contributed by atoms with Crippen molar-refractivity contribution in [2.45, 2.75) is 10.8 Å². The van der Waals surface area contributed by atoms with E-state index >= 15 is 0 Å². The van der Waals surface area contributed by atoms with E-state index in [1.54, 1.807) is 0 Å². The van der Waals surface area contributed by atoms with Gasteiger partial charge in [0.15, 0.2) is 0 Å². The van der Waals surface area contributed by atoms with E-state index in [0.29, 0.717) is 6.61 Å². The highest BCUT2D eigenvalue weighted by atomic mass is 127. The summed E-state index contributed by atoms with van der Waals surface area (Å²) in [6.45, 7) is 3.09. The molecular weight excluding hydrogens is 257 g/mol. The predicted octanol–water partition coefficient (Wildman–Crippen LogP) is 0.915. The molecule has 0 aliphatic carbocycles. The lowest BCUT2D eigenvalue weighted by atomic mass is 10.5. The Balaban J connectivity index is 3.32. The van der Waals surface area contributed by atoms with Gasteiger partial charge in [0.05, 0.1) is 0 Å². The lowest BCUT2D eigenvalue weighted by Gasteiger charge is -2.10. The third kappa shape index (κ3) is 6.55. The molecule has 0 aliphatic rings. The van der Waals surface area contributed by atoms with Crippen molar-refractivity contribution in [2.24, 2.45) is 0 Å². The van der Waals surface area contributed by atoms with Crippen LogP contribution in [0.15, 0.2) is 0 Å². The fraction of sp³-hybridized carbons (Fsp3) is 0.857. The van der Waals surface area contributed by atoms with Crippen LogP contribution in [0.2, 0.25) is 0 Å². The van der Waals surface area contributed by atoms with E-state index in [-0.39, 0.29) is 9.89 Å². The Bertz CT molecular complexity index is 126. The van der Waals surface area contributed by atoms with Crippen molar-refractivity contribution in [1.82, 2.24) is 4.90 Å². The minimum Gasteiger partial charge on any atom is -0.464 e. The predicted molar refractivity (Wildman–Crippen MR) is 53.0 cm³/mol. The van der Waals surface area contributed by atoms with Crippen LogP contribution in [0.3, 0.4) is 0 Å². The highest BCUT2D eigenvalue weighted by molar-refractivity contribution is 14.1. The molecule has 0 aromatic carbocycles. The number of hydrogen-bond acceptors (Lipinski definition) is 3. The number of halogens is 1. The summed E-state index contributed by atoms with van der Waals surface area (Å²) in [5.74, 6) is -0.132. The Morgan fingerprint density at radius 3 is 2.55 bits per heavy atom. The molecule has 0 rings (SSSR count). The first-order valence-electron chi connectivity index (χ1n) is 3.49. The second-order valence-electron chi connectivity index (χ2n) is 2.59. The molecule has 0 aliphatic heterocycles. The second kappa shape index (κ2) is 5.77. The molecule has 0 aromatic heterocycles. The van der Waals surface area contributed by atoms with Crippen molar-refractivity contribution in [1.29, 1.82) is 0 Å². The number of rotatable bonds is 4. The first kappa shape index (κ1) is 11.2. The average molecular weight is 271 g/mol. The molecule has 1 atom stereocenters. The van der Waals surface area contributed by atoms with Crippen LogP contribution in [0, 0.1) is 0 Å². The van der Waals surface area contributed by atoms with Crippen LogP contribution >= 0.6 is 22.6 Å². The normalized spacial score (nSPS) is 13.2. The highest BCUT2D eigenvalue weighted by Gasteiger charge is 2.08. The van der Waals surface area contributed by atoms with Crippen molar-refractivity contribution in [3.8, 4) is 0 Å². The zero-order chi connectivity index (χ0) is 8.85. The molecular formula is C7H14INO2. The largest absolute Gasteiger partial charge is 0.464 e. The third-order valence-electron chi connectivity index (χ3n) is 1.11. The van der Waals surface area contributed by atoms with E-state index in [1.165, 1.54) is 0 Å². The van der Waals surface area contributed by atoms with Gasteiger partial charge in [0, 0.05) is 6.54 Å². The van der Waals surface area contributed by atoms with Gasteiger partial charge in [0.25, 0.3) is 0 Å². The molecule has 0 spiro atoms. The molecule has 0 saturated carbocycles. The van der Waals surface area contributed by atoms with Crippen molar-refractivity contribution in [2.75, 3.05) is 27.2 Å². The zero-order valence-electron chi connectivity index (χ0n) is 7.13. The summed E-state index contributed by atoms with van der Waals surface area (Å²) in [6.07, 6.45) is 0. The number of ether oxygens (including phenoxy) is 1. The van der Waals surface area contributed by atoms with E-state index < -0.39 is 0 Å². The minimum absolute atomic E-state index is 0.0465. The monoisotopic (exact) mass is 271 g/mol. The Labute approximate surface area is 81.2 Å². The van der Waals surface area contributed by atoms with Gasteiger partial charge in [-0.25, -0.2) is 0 Å². The molecule has 1 unspecified atom stereocenters. The Kier molecular flexibility index (Phi) is 5.85. The van der Waals surface area contributed by atoms with Gasteiger partial charge in [0.2, 0.25) is 0 Å². The van der Waals surface area contributed by atoms with Crippen molar-refractivity contribution >= 4 is 28.6 Å². The average Bonchev–Trinajstić information content (AvgIpc) is 1.86. The number of nitrogens with zero attached hydrogens (tertiary/aromatic N) is 1. The van der Waals surface area contributed by atoms with E-state index in [4.69, 9.17) is 4.74 Å². The number of carbonyl (C=O) groups is 1. The molecule has 0 amide bonds. The Hall–Kier alpha value is 0.160. The summed E-state index contributed by atoms with van der Waals surface area (Å²) in [6, 6.07) is 0.